The minimum absolute atomic E-state index is 0.238. The maximum Gasteiger partial charge on any atom is 0.408 e. The lowest BCUT2D eigenvalue weighted by Crippen LogP contribution is -2.60. The summed E-state index contributed by atoms with van der Waals surface area (Å²) in [5.74, 6) is -0.978. The molecule has 2 aliphatic heterocycles. The Morgan fingerprint density at radius 3 is 2.00 bits per heavy atom. The maximum atomic E-state index is 14.5. The number of anilines is 2. The van der Waals surface area contributed by atoms with Gasteiger partial charge in [-0.05, 0) is 67.0 Å². The van der Waals surface area contributed by atoms with Gasteiger partial charge in [0.05, 0.1) is 17.7 Å². The summed E-state index contributed by atoms with van der Waals surface area (Å²) in [6.45, 7) is 0.598. The summed E-state index contributed by atoms with van der Waals surface area (Å²) in [5, 5.41) is 25.7. The second kappa shape index (κ2) is 15.0. The molecule has 3 atom stereocenters. The molecule has 4 amide bonds. The van der Waals surface area contributed by atoms with E-state index in [-0.39, 0.29) is 30.7 Å². The molecule has 2 aliphatic rings. The van der Waals surface area contributed by atoms with Crippen LogP contribution in [0.5, 0.6) is 0 Å². The van der Waals surface area contributed by atoms with Crippen LogP contribution in [0.1, 0.15) is 30.4 Å². The van der Waals surface area contributed by atoms with E-state index in [9.17, 15) is 29.4 Å². The first kappa shape index (κ1) is 35.0. The van der Waals surface area contributed by atoms with Gasteiger partial charge in [0.15, 0.2) is 0 Å². The molecule has 12 heteroatoms. The van der Waals surface area contributed by atoms with Crippen molar-refractivity contribution in [2.75, 3.05) is 23.7 Å². The van der Waals surface area contributed by atoms with Crippen LogP contribution in [0.3, 0.4) is 0 Å². The third kappa shape index (κ3) is 7.21. The monoisotopic (exact) mass is 712 g/mol. The topological polar surface area (TPSA) is 168 Å². The van der Waals surface area contributed by atoms with E-state index in [0.717, 1.165) is 27.9 Å². The number of hydrogen-bond acceptors (Lipinski definition) is 5. The van der Waals surface area contributed by atoms with Gasteiger partial charge in [-0.3, -0.25) is 19.4 Å². The summed E-state index contributed by atoms with van der Waals surface area (Å²) >= 11 is 0. The molecule has 0 saturated carbocycles. The summed E-state index contributed by atoms with van der Waals surface area (Å²) in [7, 11) is 0. The van der Waals surface area contributed by atoms with Gasteiger partial charge >= 0.3 is 12.2 Å². The van der Waals surface area contributed by atoms with Gasteiger partial charge in [-0.25, -0.2) is 14.6 Å². The largest absolute Gasteiger partial charge is 0.465 e. The van der Waals surface area contributed by atoms with Crippen LogP contribution in [-0.2, 0) is 22.4 Å². The third-order valence-corrected chi connectivity index (χ3v) is 10.4. The number of amides is 4. The minimum atomic E-state index is -1.34. The van der Waals surface area contributed by atoms with Crippen molar-refractivity contribution in [1.29, 1.82) is 0 Å². The lowest BCUT2D eigenvalue weighted by Gasteiger charge is -2.40. The molecule has 0 radical (unpaired) electrons. The van der Waals surface area contributed by atoms with E-state index in [2.05, 4.69) is 20.6 Å². The van der Waals surface area contributed by atoms with Gasteiger partial charge in [-0.2, -0.15) is 0 Å². The Hall–Kier alpha value is -6.43. The standard InChI is InChI=1S/C41H40N6O6/c48-37(34-12-7-22-46(34)39(50)51)44-32-17-13-29(14-18-32)35-36(43-26-42-35)30-15-19-33(20-16-30)45-38(49)41(25-28-10-5-2-6-11-28)31(21-23-47(41)40(52)53)24-27-8-3-1-4-9-27/h1-6,8-11,13-20,26,31,34H,7,12,21-25H2,(H,42,43)(H,44,48)(H,45,49)(H,50,51)(H,52,53)/t31?,34-,41-/m0/s1. The number of likely N-dealkylation sites (tertiary alicyclic amines) is 2. The predicted molar refractivity (Wildman–Crippen MR) is 200 cm³/mol. The van der Waals surface area contributed by atoms with Gasteiger partial charge in [0, 0.05) is 42.0 Å². The molecule has 270 valence electrons. The van der Waals surface area contributed by atoms with Crippen LogP contribution in [0.25, 0.3) is 22.5 Å². The Bertz CT molecular complexity index is 2090. The number of aromatic nitrogens is 2. The SMILES string of the molecule is O=C(Nc1ccc(-c2[nH]cnc2-c2ccc(NC(=O)[C@]3(Cc4ccccc4)C(Cc4ccccc4)CCN3C(=O)O)cc2)cc1)[C@@H]1CCCN1C(=O)O. The fourth-order valence-electron chi connectivity index (χ4n) is 7.81. The molecule has 2 saturated heterocycles. The fourth-order valence-corrected chi connectivity index (χ4v) is 7.81. The summed E-state index contributed by atoms with van der Waals surface area (Å²) < 4.78 is 0. The molecule has 5 aromatic rings. The van der Waals surface area contributed by atoms with E-state index < -0.39 is 23.8 Å². The Labute approximate surface area is 306 Å². The number of aromatic amines is 1. The first-order chi connectivity index (χ1) is 25.7. The van der Waals surface area contributed by atoms with Crippen molar-refractivity contribution >= 4 is 35.4 Å². The van der Waals surface area contributed by atoms with Crippen LogP contribution in [-0.4, -0.2) is 78.7 Å². The number of carboxylic acid groups (broad SMARTS) is 2. The van der Waals surface area contributed by atoms with Crippen LogP contribution in [0.4, 0.5) is 21.0 Å². The average molecular weight is 713 g/mol. The number of nitrogens with zero attached hydrogens (tertiary/aromatic N) is 3. The highest BCUT2D eigenvalue weighted by atomic mass is 16.4. The molecule has 12 nitrogen and oxygen atoms in total. The van der Waals surface area contributed by atoms with Crippen molar-refractivity contribution in [1.82, 2.24) is 19.8 Å². The van der Waals surface area contributed by atoms with Gasteiger partial charge in [0.1, 0.15) is 11.6 Å². The fraction of sp³-hybridized carbons (Fsp3) is 0.244. The summed E-state index contributed by atoms with van der Waals surface area (Å²) in [6, 6.07) is 33.2. The van der Waals surface area contributed by atoms with Crippen molar-refractivity contribution in [3.8, 4) is 22.5 Å². The number of carbonyl (C=O) groups is 4. The summed E-state index contributed by atoms with van der Waals surface area (Å²) in [6.07, 6.45) is 1.86. The molecule has 3 heterocycles. The summed E-state index contributed by atoms with van der Waals surface area (Å²) in [5.41, 5.74) is 4.72. The minimum Gasteiger partial charge on any atom is -0.465 e. The predicted octanol–water partition coefficient (Wildman–Crippen LogP) is 6.99. The molecule has 5 N–H and O–H groups in total. The number of H-pyrrole nitrogens is 1. The van der Waals surface area contributed by atoms with Crippen LogP contribution >= 0.6 is 0 Å². The van der Waals surface area contributed by atoms with E-state index in [1.165, 1.54) is 9.80 Å². The third-order valence-electron chi connectivity index (χ3n) is 10.4. The van der Waals surface area contributed by atoms with Crippen molar-refractivity contribution in [3.63, 3.8) is 0 Å². The molecule has 0 aliphatic carbocycles. The maximum absolute atomic E-state index is 14.5. The summed E-state index contributed by atoms with van der Waals surface area (Å²) in [4.78, 5) is 61.8. The molecule has 4 aromatic carbocycles. The van der Waals surface area contributed by atoms with Gasteiger partial charge < -0.3 is 25.8 Å². The van der Waals surface area contributed by atoms with Crippen LogP contribution in [0.2, 0.25) is 0 Å². The number of hydrogen-bond donors (Lipinski definition) is 5. The zero-order chi connectivity index (χ0) is 37.0. The van der Waals surface area contributed by atoms with Crippen LogP contribution < -0.4 is 10.6 Å². The quantitative estimate of drug-likeness (QED) is 0.104. The lowest BCUT2D eigenvalue weighted by molar-refractivity contribution is -0.127. The first-order valence-corrected chi connectivity index (χ1v) is 17.7. The lowest BCUT2D eigenvalue weighted by atomic mass is 9.75. The van der Waals surface area contributed by atoms with E-state index in [1.54, 1.807) is 30.6 Å². The van der Waals surface area contributed by atoms with Gasteiger partial charge in [-0.15, -0.1) is 0 Å². The van der Waals surface area contributed by atoms with E-state index >= 15 is 0 Å². The molecule has 1 unspecified atom stereocenters. The molecular weight excluding hydrogens is 672 g/mol. The highest BCUT2D eigenvalue weighted by Gasteiger charge is 2.56. The molecule has 2 fully saturated rings. The number of nitrogens with one attached hydrogen (secondary N) is 3. The van der Waals surface area contributed by atoms with Crippen molar-refractivity contribution in [2.45, 2.75) is 43.7 Å². The number of carbonyl (C=O) groups excluding carboxylic acids is 2. The van der Waals surface area contributed by atoms with Crippen LogP contribution in [0, 0.1) is 5.92 Å². The Kier molecular flexibility index (Phi) is 9.93. The average Bonchev–Trinajstić information content (AvgIpc) is 3.94. The Balaban J connectivity index is 1.10. The van der Waals surface area contributed by atoms with Gasteiger partial charge in [-0.1, -0.05) is 84.9 Å². The second-order valence-electron chi connectivity index (χ2n) is 13.6. The molecule has 1 aromatic heterocycles. The normalized spacial score (nSPS) is 19.5. The van der Waals surface area contributed by atoms with Gasteiger partial charge in [0.2, 0.25) is 5.91 Å². The number of imidazole rings is 1. The molecule has 0 bridgehead atoms. The van der Waals surface area contributed by atoms with E-state index in [4.69, 9.17) is 0 Å². The smallest absolute Gasteiger partial charge is 0.408 e. The zero-order valence-electron chi connectivity index (χ0n) is 28.9. The highest BCUT2D eigenvalue weighted by molar-refractivity contribution is 6.01. The van der Waals surface area contributed by atoms with Crippen molar-refractivity contribution in [3.05, 3.63) is 127 Å². The first-order valence-electron chi connectivity index (χ1n) is 17.7. The molecule has 7 rings (SSSR count). The van der Waals surface area contributed by atoms with Gasteiger partial charge in [0.25, 0.3) is 5.91 Å². The molecule has 53 heavy (non-hydrogen) atoms. The Morgan fingerprint density at radius 2 is 1.36 bits per heavy atom. The molecular formula is C41H40N6O6. The van der Waals surface area contributed by atoms with Crippen molar-refractivity contribution in [2.24, 2.45) is 5.92 Å². The van der Waals surface area contributed by atoms with Crippen LogP contribution in [0.15, 0.2) is 116 Å². The zero-order valence-corrected chi connectivity index (χ0v) is 28.9. The van der Waals surface area contributed by atoms with Crippen molar-refractivity contribution < 1.29 is 29.4 Å². The molecule has 0 spiro atoms. The number of rotatable bonds is 10. The Morgan fingerprint density at radius 1 is 0.736 bits per heavy atom. The van der Waals surface area contributed by atoms with E-state index in [0.29, 0.717) is 49.3 Å². The van der Waals surface area contributed by atoms with E-state index in [1.807, 2.05) is 84.9 Å². The second-order valence-corrected chi connectivity index (χ2v) is 13.6. The highest BCUT2D eigenvalue weighted by Crippen LogP contribution is 2.41. The number of benzene rings is 4.